The molecule has 150 valence electrons. The molecule has 1 aliphatic carbocycles. The van der Waals surface area contributed by atoms with Crippen LogP contribution in [0.25, 0.3) is 0 Å². The molecular formula is C20H28N6O2. The molecule has 2 fully saturated rings. The molecule has 5 rings (SSSR count). The van der Waals surface area contributed by atoms with Gasteiger partial charge in [-0.05, 0) is 50.9 Å². The van der Waals surface area contributed by atoms with Crippen LogP contribution in [-0.2, 0) is 30.7 Å². The number of likely N-dealkylation sites (tertiary alicyclic amines) is 1. The van der Waals surface area contributed by atoms with Crippen LogP contribution in [0.1, 0.15) is 62.4 Å². The van der Waals surface area contributed by atoms with Crippen molar-refractivity contribution < 1.29 is 4.79 Å². The fraction of sp³-hybridized carbons (Fsp3) is 0.700. The van der Waals surface area contributed by atoms with Gasteiger partial charge in [0.05, 0.1) is 18.2 Å². The van der Waals surface area contributed by atoms with Gasteiger partial charge in [-0.3, -0.25) is 9.36 Å². The van der Waals surface area contributed by atoms with Gasteiger partial charge in [0.15, 0.2) is 5.82 Å². The Morgan fingerprint density at radius 2 is 2.11 bits per heavy atom. The van der Waals surface area contributed by atoms with Gasteiger partial charge in [0.1, 0.15) is 5.82 Å². The average molecular weight is 384 g/mol. The number of H-pyrrole nitrogens is 1. The molecule has 0 aromatic carbocycles. The summed E-state index contributed by atoms with van der Waals surface area (Å²) in [6.07, 6.45) is 9.17. The van der Waals surface area contributed by atoms with E-state index in [2.05, 4.69) is 14.8 Å². The smallest absolute Gasteiger partial charge is 0.335 e. The Labute approximate surface area is 163 Å². The van der Waals surface area contributed by atoms with Crippen LogP contribution in [0.4, 0.5) is 0 Å². The monoisotopic (exact) mass is 384 g/mol. The lowest BCUT2D eigenvalue weighted by atomic mass is 9.94. The van der Waals surface area contributed by atoms with Gasteiger partial charge in [0, 0.05) is 32.3 Å². The van der Waals surface area contributed by atoms with Crippen molar-refractivity contribution in [3.8, 4) is 0 Å². The van der Waals surface area contributed by atoms with E-state index >= 15 is 0 Å². The maximum Gasteiger partial charge on any atom is 0.343 e. The van der Waals surface area contributed by atoms with Crippen LogP contribution in [0.5, 0.6) is 0 Å². The SMILES string of the molecule is CCn1c(C2C(C3CC3)CCN2C(=O)Cc2cn3c(n2)CCCC3)n[nH]c1=O. The quantitative estimate of drug-likeness (QED) is 0.849. The van der Waals surface area contributed by atoms with E-state index in [9.17, 15) is 9.59 Å². The van der Waals surface area contributed by atoms with E-state index in [0.717, 1.165) is 43.3 Å². The highest BCUT2D eigenvalue weighted by Gasteiger charge is 2.47. The zero-order valence-electron chi connectivity index (χ0n) is 16.4. The molecule has 0 bridgehead atoms. The zero-order valence-corrected chi connectivity index (χ0v) is 16.4. The third-order valence-electron chi connectivity index (χ3n) is 6.65. The normalized spacial score (nSPS) is 24.5. The molecule has 1 N–H and O–H groups in total. The van der Waals surface area contributed by atoms with E-state index in [-0.39, 0.29) is 17.6 Å². The molecule has 2 aromatic rings. The lowest BCUT2D eigenvalue weighted by Gasteiger charge is -2.27. The van der Waals surface area contributed by atoms with E-state index in [1.807, 2.05) is 18.0 Å². The molecule has 2 unspecified atom stereocenters. The Morgan fingerprint density at radius 1 is 1.25 bits per heavy atom. The number of hydrogen-bond acceptors (Lipinski definition) is 4. The number of aryl methyl sites for hydroxylation is 2. The molecule has 2 atom stereocenters. The van der Waals surface area contributed by atoms with Gasteiger partial charge in [-0.25, -0.2) is 14.9 Å². The van der Waals surface area contributed by atoms with Crippen molar-refractivity contribution >= 4 is 5.91 Å². The molecule has 1 amide bonds. The lowest BCUT2D eigenvalue weighted by Crippen LogP contribution is -2.36. The highest BCUT2D eigenvalue weighted by Crippen LogP contribution is 2.50. The molecule has 2 aliphatic heterocycles. The highest BCUT2D eigenvalue weighted by atomic mass is 16.2. The summed E-state index contributed by atoms with van der Waals surface area (Å²) in [6.45, 7) is 4.25. The molecule has 8 heteroatoms. The van der Waals surface area contributed by atoms with E-state index in [0.29, 0.717) is 24.8 Å². The number of nitrogens with one attached hydrogen (secondary N) is 1. The number of aromatic amines is 1. The molecule has 1 saturated heterocycles. The summed E-state index contributed by atoms with van der Waals surface area (Å²) in [7, 11) is 0. The summed E-state index contributed by atoms with van der Waals surface area (Å²) in [6, 6.07) is -0.101. The van der Waals surface area contributed by atoms with Gasteiger partial charge in [-0.2, -0.15) is 5.10 Å². The van der Waals surface area contributed by atoms with Gasteiger partial charge in [0.2, 0.25) is 5.91 Å². The van der Waals surface area contributed by atoms with Crippen molar-refractivity contribution in [2.45, 2.75) is 71.0 Å². The second-order valence-electron chi connectivity index (χ2n) is 8.43. The molecule has 0 radical (unpaired) electrons. The fourth-order valence-electron chi connectivity index (χ4n) is 5.12. The molecule has 0 spiro atoms. The maximum absolute atomic E-state index is 13.3. The predicted molar refractivity (Wildman–Crippen MR) is 103 cm³/mol. The number of imidazole rings is 1. The number of carbonyl (C=O) groups excluding carboxylic acids is 1. The first-order valence-electron chi connectivity index (χ1n) is 10.6. The van der Waals surface area contributed by atoms with Crippen molar-refractivity contribution in [3.05, 3.63) is 34.0 Å². The molecule has 2 aromatic heterocycles. The first-order chi connectivity index (χ1) is 13.7. The lowest BCUT2D eigenvalue weighted by molar-refractivity contribution is -0.132. The first kappa shape index (κ1) is 17.7. The van der Waals surface area contributed by atoms with Crippen molar-refractivity contribution in [3.63, 3.8) is 0 Å². The molecule has 28 heavy (non-hydrogen) atoms. The zero-order chi connectivity index (χ0) is 19.3. The summed E-state index contributed by atoms with van der Waals surface area (Å²) in [5.74, 6) is 2.98. The number of aromatic nitrogens is 5. The van der Waals surface area contributed by atoms with Crippen molar-refractivity contribution in [1.82, 2.24) is 29.2 Å². The van der Waals surface area contributed by atoms with Gasteiger partial charge in [-0.15, -0.1) is 0 Å². The van der Waals surface area contributed by atoms with Crippen LogP contribution in [0.15, 0.2) is 11.0 Å². The summed E-state index contributed by atoms with van der Waals surface area (Å²) >= 11 is 0. The minimum atomic E-state index is -0.187. The summed E-state index contributed by atoms with van der Waals surface area (Å²) in [5.41, 5.74) is 0.679. The van der Waals surface area contributed by atoms with Gasteiger partial charge in [-0.1, -0.05) is 0 Å². The van der Waals surface area contributed by atoms with Gasteiger partial charge >= 0.3 is 5.69 Å². The Balaban J connectivity index is 1.41. The van der Waals surface area contributed by atoms with Crippen LogP contribution < -0.4 is 5.69 Å². The van der Waals surface area contributed by atoms with E-state index < -0.39 is 0 Å². The number of hydrogen-bond donors (Lipinski definition) is 1. The third kappa shape index (κ3) is 2.99. The second kappa shape index (κ2) is 6.90. The fourth-order valence-corrected chi connectivity index (χ4v) is 5.12. The van der Waals surface area contributed by atoms with E-state index in [1.54, 1.807) is 4.57 Å². The minimum absolute atomic E-state index is 0.0988. The third-order valence-corrected chi connectivity index (χ3v) is 6.65. The van der Waals surface area contributed by atoms with Crippen LogP contribution in [-0.4, -0.2) is 41.7 Å². The van der Waals surface area contributed by atoms with Crippen LogP contribution in [0.3, 0.4) is 0 Å². The highest BCUT2D eigenvalue weighted by molar-refractivity contribution is 5.79. The number of carbonyl (C=O) groups is 1. The molecule has 8 nitrogen and oxygen atoms in total. The van der Waals surface area contributed by atoms with Gasteiger partial charge < -0.3 is 9.47 Å². The predicted octanol–water partition coefficient (Wildman–Crippen LogP) is 1.67. The number of rotatable bonds is 5. The number of nitrogens with zero attached hydrogens (tertiary/aromatic N) is 5. The molecule has 1 saturated carbocycles. The van der Waals surface area contributed by atoms with E-state index in [1.165, 1.54) is 25.7 Å². The second-order valence-corrected chi connectivity index (χ2v) is 8.43. The van der Waals surface area contributed by atoms with Crippen LogP contribution >= 0.6 is 0 Å². The summed E-state index contributed by atoms with van der Waals surface area (Å²) in [5, 5.41) is 6.92. The number of fused-ring (bicyclic) bond motifs is 1. The Morgan fingerprint density at radius 3 is 2.86 bits per heavy atom. The first-order valence-corrected chi connectivity index (χ1v) is 10.6. The summed E-state index contributed by atoms with van der Waals surface area (Å²) in [4.78, 5) is 32.1. The molecular weight excluding hydrogens is 356 g/mol. The Bertz CT molecular complexity index is 913. The minimum Gasteiger partial charge on any atom is -0.335 e. The van der Waals surface area contributed by atoms with Crippen molar-refractivity contribution in [2.24, 2.45) is 11.8 Å². The molecule has 3 aliphatic rings. The topological polar surface area (TPSA) is 88.8 Å². The largest absolute Gasteiger partial charge is 0.343 e. The Kier molecular flexibility index (Phi) is 4.36. The van der Waals surface area contributed by atoms with Crippen molar-refractivity contribution in [2.75, 3.05) is 6.54 Å². The average Bonchev–Trinajstić information content (AvgIpc) is 3.14. The maximum atomic E-state index is 13.3. The van der Waals surface area contributed by atoms with Crippen LogP contribution in [0.2, 0.25) is 0 Å². The molecule has 4 heterocycles. The van der Waals surface area contributed by atoms with Gasteiger partial charge in [0.25, 0.3) is 0 Å². The van der Waals surface area contributed by atoms with Crippen LogP contribution in [0, 0.1) is 11.8 Å². The standard InChI is InChI=1S/C20H28N6O2/c1-2-25-19(22-23-20(25)28)18-15(13-6-7-13)8-10-26(18)17(27)11-14-12-24-9-4-3-5-16(24)21-14/h12-13,15,18H,2-11H2,1H3,(H,23,28). The Hall–Kier alpha value is -2.38. The van der Waals surface area contributed by atoms with Crippen molar-refractivity contribution in [1.29, 1.82) is 0 Å². The number of amides is 1. The summed E-state index contributed by atoms with van der Waals surface area (Å²) < 4.78 is 3.88. The van der Waals surface area contributed by atoms with E-state index in [4.69, 9.17) is 4.98 Å².